The fourth-order valence-electron chi connectivity index (χ4n) is 5.66. The van der Waals surface area contributed by atoms with Gasteiger partial charge in [-0.15, -0.1) is 0 Å². The molecule has 0 unspecified atom stereocenters. The number of hydrogen-bond acceptors (Lipinski definition) is 3. The number of carbonyl (C=O) groups excluding carboxylic acids is 2. The van der Waals surface area contributed by atoms with Gasteiger partial charge in [-0.05, 0) is 61.6 Å². The van der Waals surface area contributed by atoms with Gasteiger partial charge in [-0.25, -0.2) is 9.37 Å². The van der Waals surface area contributed by atoms with E-state index in [0.717, 1.165) is 61.6 Å². The normalized spacial score (nSPS) is 16.5. The van der Waals surface area contributed by atoms with E-state index in [9.17, 15) is 14.0 Å². The van der Waals surface area contributed by atoms with Gasteiger partial charge in [-0.1, -0.05) is 43.0 Å². The topological polar surface area (TPSA) is 53.5 Å². The summed E-state index contributed by atoms with van der Waals surface area (Å²) >= 11 is 6.31. The summed E-state index contributed by atoms with van der Waals surface area (Å²) in [6.07, 6.45) is 7.49. The highest BCUT2D eigenvalue weighted by Crippen LogP contribution is 2.31. The molecule has 1 aliphatic carbocycles. The Bertz CT molecular complexity index is 1290. The number of likely N-dealkylation sites (tertiary alicyclic amines) is 1. The summed E-state index contributed by atoms with van der Waals surface area (Å²) in [5, 5.41) is 1.42. The fourth-order valence-corrected chi connectivity index (χ4v) is 5.85. The molecule has 37 heavy (non-hydrogen) atoms. The zero-order chi connectivity index (χ0) is 25.8. The first-order valence-electron chi connectivity index (χ1n) is 13.4. The van der Waals surface area contributed by atoms with E-state index in [1.165, 1.54) is 18.6 Å². The van der Waals surface area contributed by atoms with E-state index in [4.69, 9.17) is 16.6 Å². The van der Waals surface area contributed by atoms with Crippen molar-refractivity contribution in [3.63, 3.8) is 0 Å². The van der Waals surface area contributed by atoms with Crippen LogP contribution in [-0.4, -0.2) is 46.2 Å². The molecular formula is C30H33ClFN3O2. The number of benzene rings is 2. The van der Waals surface area contributed by atoms with Gasteiger partial charge in [-0.2, -0.15) is 0 Å². The van der Waals surface area contributed by atoms with Crippen molar-refractivity contribution in [1.82, 2.24) is 14.8 Å². The molecule has 0 radical (unpaired) electrons. The van der Waals surface area contributed by atoms with Crippen molar-refractivity contribution in [2.45, 2.75) is 57.9 Å². The molecule has 0 spiro atoms. The van der Waals surface area contributed by atoms with Crippen LogP contribution in [-0.2, 0) is 16.1 Å². The van der Waals surface area contributed by atoms with Crippen LogP contribution in [0, 0.1) is 11.7 Å². The van der Waals surface area contributed by atoms with Crippen molar-refractivity contribution in [2.24, 2.45) is 5.92 Å². The Balaban J connectivity index is 1.47. The van der Waals surface area contributed by atoms with Crippen LogP contribution in [0.4, 0.5) is 4.39 Å². The summed E-state index contributed by atoms with van der Waals surface area (Å²) in [6.45, 7) is 2.46. The highest BCUT2D eigenvalue weighted by atomic mass is 35.5. The Hall–Kier alpha value is -2.99. The number of pyridine rings is 1. The van der Waals surface area contributed by atoms with Gasteiger partial charge >= 0.3 is 0 Å². The van der Waals surface area contributed by atoms with E-state index in [-0.39, 0.29) is 23.5 Å². The molecular weight excluding hydrogens is 489 g/mol. The second-order valence-electron chi connectivity index (χ2n) is 10.3. The molecule has 0 N–H and O–H groups in total. The van der Waals surface area contributed by atoms with E-state index in [1.807, 2.05) is 40.1 Å². The lowest BCUT2D eigenvalue weighted by Crippen LogP contribution is -2.39. The Morgan fingerprint density at radius 2 is 1.92 bits per heavy atom. The van der Waals surface area contributed by atoms with E-state index in [2.05, 4.69) is 0 Å². The smallest absolute Gasteiger partial charge is 0.225 e. The number of nitrogens with zero attached hydrogens (tertiary/aromatic N) is 3. The minimum Gasteiger partial charge on any atom is -0.343 e. The number of carbonyl (C=O) groups is 2. The molecule has 1 saturated heterocycles. The third-order valence-corrected chi connectivity index (χ3v) is 7.85. The third-order valence-electron chi connectivity index (χ3n) is 7.61. The van der Waals surface area contributed by atoms with E-state index >= 15 is 0 Å². The Labute approximate surface area is 222 Å². The maximum atomic E-state index is 14.0. The first kappa shape index (κ1) is 25.7. The molecule has 1 aliphatic heterocycles. The van der Waals surface area contributed by atoms with Crippen LogP contribution in [0.3, 0.4) is 0 Å². The van der Waals surface area contributed by atoms with Gasteiger partial charge < -0.3 is 9.80 Å². The van der Waals surface area contributed by atoms with E-state index < -0.39 is 0 Å². The number of amides is 2. The lowest BCUT2D eigenvalue weighted by Gasteiger charge is -2.30. The molecule has 5 rings (SSSR count). The first-order chi connectivity index (χ1) is 18.0. The Morgan fingerprint density at radius 3 is 2.68 bits per heavy atom. The van der Waals surface area contributed by atoms with Gasteiger partial charge in [-0.3, -0.25) is 9.59 Å². The van der Waals surface area contributed by atoms with Crippen LogP contribution >= 0.6 is 11.6 Å². The van der Waals surface area contributed by atoms with Crippen molar-refractivity contribution in [1.29, 1.82) is 0 Å². The summed E-state index contributed by atoms with van der Waals surface area (Å²) in [4.78, 5) is 34.6. The molecule has 1 aromatic heterocycles. The summed E-state index contributed by atoms with van der Waals surface area (Å²) in [7, 11) is 0. The van der Waals surface area contributed by atoms with Crippen molar-refractivity contribution in [3.8, 4) is 11.3 Å². The van der Waals surface area contributed by atoms with Crippen LogP contribution < -0.4 is 0 Å². The maximum Gasteiger partial charge on any atom is 0.225 e. The van der Waals surface area contributed by atoms with Gasteiger partial charge in [0.15, 0.2) is 0 Å². The second-order valence-corrected chi connectivity index (χ2v) is 10.7. The second kappa shape index (κ2) is 11.6. The van der Waals surface area contributed by atoms with Crippen LogP contribution in [0.5, 0.6) is 0 Å². The van der Waals surface area contributed by atoms with Crippen molar-refractivity contribution in [2.75, 3.05) is 19.6 Å². The largest absolute Gasteiger partial charge is 0.343 e. The number of halogens is 2. The van der Waals surface area contributed by atoms with E-state index in [1.54, 1.807) is 6.07 Å². The molecule has 2 heterocycles. The standard InChI is InChI=1S/C30H33ClFN3O2/c31-25-10-4-9-23(18-25)29-24(17-22-12-13-26(32)19-27(22)33-29)20-35(30(37)21-7-2-1-3-8-21)16-6-15-34-14-5-11-28(34)36/h4,9-10,12-13,17-19,21H,1-3,5-8,11,14-16,20H2. The average Bonchev–Trinajstić information content (AvgIpc) is 3.32. The van der Waals surface area contributed by atoms with Gasteiger partial charge in [0.2, 0.25) is 11.8 Å². The third kappa shape index (κ3) is 6.12. The van der Waals surface area contributed by atoms with Crippen LogP contribution in [0.25, 0.3) is 22.2 Å². The number of rotatable bonds is 8. The molecule has 2 fully saturated rings. The van der Waals surface area contributed by atoms with Crippen LogP contribution in [0.1, 0.15) is 56.9 Å². The summed E-state index contributed by atoms with van der Waals surface area (Å²) in [5.74, 6) is 0.0951. The predicted molar refractivity (Wildman–Crippen MR) is 145 cm³/mol. The molecule has 194 valence electrons. The Kier molecular flexibility index (Phi) is 8.04. The summed E-state index contributed by atoms with van der Waals surface area (Å²) < 4.78 is 14.0. The number of hydrogen-bond donors (Lipinski definition) is 0. The van der Waals surface area contributed by atoms with E-state index in [0.29, 0.717) is 42.3 Å². The van der Waals surface area contributed by atoms with Gasteiger partial charge in [0.25, 0.3) is 0 Å². The molecule has 1 saturated carbocycles. The quantitative estimate of drug-likeness (QED) is 0.335. The molecule has 2 aromatic carbocycles. The summed E-state index contributed by atoms with van der Waals surface area (Å²) in [5.41, 5.74) is 3.01. The zero-order valence-corrected chi connectivity index (χ0v) is 21.9. The highest BCUT2D eigenvalue weighted by Gasteiger charge is 2.28. The summed E-state index contributed by atoms with van der Waals surface area (Å²) in [6, 6.07) is 14.1. The maximum absolute atomic E-state index is 14.0. The molecule has 7 heteroatoms. The number of aromatic nitrogens is 1. The molecule has 2 aliphatic rings. The molecule has 0 bridgehead atoms. The van der Waals surface area contributed by atoms with Crippen molar-refractivity contribution >= 4 is 34.3 Å². The monoisotopic (exact) mass is 521 g/mol. The van der Waals surface area contributed by atoms with Crippen LogP contribution in [0.2, 0.25) is 5.02 Å². The van der Waals surface area contributed by atoms with Gasteiger partial charge in [0, 0.05) is 60.6 Å². The van der Waals surface area contributed by atoms with Crippen molar-refractivity contribution in [3.05, 3.63) is 64.9 Å². The Morgan fingerprint density at radius 1 is 1.08 bits per heavy atom. The van der Waals surface area contributed by atoms with Crippen molar-refractivity contribution < 1.29 is 14.0 Å². The molecule has 2 amide bonds. The van der Waals surface area contributed by atoms with Crippen LogP contribution in [0.15, 0.2) is 48.5 Å². The zero-order valence-electron chi connectivity index (χ0n) is 21.1. The molecule has 0 atom stereocenters. The predicted octanol–water partition coefficient (Wildman–Crippen LogP) is 6.62. The van der Waals surface area contributed by atoms with Gasteiger partial charge in [0.05, 0.1) is 11.2 Å². The minimum atomic E-state index is -0.338. The molecule has 5 nitrogen and oxygen atoms in total. The lowest BCUT2D eigenvalue weighted by molar-refractivity contribution is -0.137. The minimum absolute atomic E-state index is 0.0410. The first-order valence-corrected chi connectivity index (χ1v) is 13.8. The highest BCUT2D eigenvalue weighted by molar-refractivity contribution is 6.30. The van der Waals surface area contributed by atoms with Gasteiger partial charge in [0.1, 0.15) is 5.82 Å². The lowest BCUT2D eigenvalue weighted by atomic mass is 9.88. The number of fused-ring (bicyclic) bond motifs is 1. The average molecular weight is 522 g/mol. The SMILES string of the molecule is O=C1CCCN1CCCN(Cc1cc2ccc(F)cc2nc1-c1cccc(Cl)c1)C(=O)C1CCCCC1. The fraction of sp³-hybridized carbons (Fsp3) is 0.433. The molecule has 3 aromatic rings.